The Morgan fingerprint density at radius 1 is 0.517 bits per heavy atom. The molecule has 2 aromatic heterocycles. The molecule has 0 N–H and O–H groups in total. The monoisotopic (exact) mass is 768 g/mol. The fourth-order valence-electron chi connectivity index (χ4n) is 9.94. The molecule has 1 aliphatic heterocycles. The van der Waals surface area contributed by atoms with Crippen molar-refractivity contribution in [2.24, 2.45) is 0 Å². The van der Waals surface area contributed by atoms with Crippen LogP contribution in [0.25, 0.3) is 67.3 Å². The number of aromatic nitrogens is 3. The second kappa shape index (κ2) is 14.1. The maximum atomic E-state index is 5.22. The quantitative estimate of drug-likeness (QED) is 0.169. The van der Waals surface area contributed by atoms with E-state index in [1.54, 1.807) is 0 Å². The van der Waals surface area contributed by atoms with E-state index in [1.807, 2.05) is 24.3 Å². The number of hydrogen-bond acceptors (Lipinski definition) is 3. The Morgan fingerprint density at radius 2 is 1.18 bits per heavy atom. The third-order valence-electron chi connectivity index (χ3n) is 12.7. The van der Waals surface area contributed by atoms with Crippen LogP contribution >= 0.6 is 0 Å². The van der Waals surface area contributed by atoms with Crippen molar-refractivity contribution in [2.75, 3.05) is 4.90 Å². The molecule has 60 heavy (non-hydrogen) atoms. The minimum Gasteiger partial charge on any atom is -0.333 e. The highest BCUT2D eigenvalue weighted by atomic mass is 15.2. The van der Waals surface area contributed by atoms with Crippen LogP contribution in [0.4, 0.5) is 11.4 Å². The van der Waals surface area contributed by atoms with Crippen LogP contribution in [0.15, 0.2) is 206 Å². The standard InChI is InChI=1S/C56H40N4/c1-4-16-37(17-5-1)49-36-50(58-56(57-49)38-18-6-2-7-19-38)43-30-33-53(44-23-11-10-22-42(43)44)60-52-27-15-13-25-46(52)48-35-40(29-32-55(48)60)39-28-31-54-47(34-39)45-24-12-14-26-51(45)59(54)41-20-8-3-9-21-41/h1-34,36,40,45,51H,35H2. The largest absolute Gasteiger partial charge is 0.333 e. The lowest BCUT2D eigenvalue weighted by Gasteiger charge is -2.28. The van der Waals surface area contributed by atoms with Crippen molar-refractivity contribution in [3.05, 3.63) is 229 Å². The molecule has 4 nitrogen and oxygen atoms in total. The number of fused-ring (bicyclic) bond motifs is 7. The van der Waals surface area contributed by atoms with E-state index in [4.69, 9.17) is 9.97 Å². The van der Waals surface area contributed by atoms with E-state index in [2.05, 4.69) is 198 Å². The molecule has 7 aromatic carbocycles. The fourth-order valence-corrected chi connectivity index (χ4v) is 9.94. The Balaban J connectivity index is 0.961. The summed E-state index contributed by atoms with van der Waals surface area (Å²) in [5.41, 5.74) is 15.3. The summed E-state index contributed by atoms with van der Waals surface area (Å²) in [5.74, 6) is 1.31. The van der Waals surface area contributed by atoms with Crippen LogP contribution in [-0.4, -0.2) is 20.6 Å². The van der Waals surface area contributed by atoms with Crippen molar-refractivity contribution < 1.29 is 0 Å². The van der Waals surface area contributed by atoms with Gasteiger partial charge in [-0.05, 0) is 71.0 Å². The lowest BCUT2D eigenvalue weighted by molar-refractivity contribution is 0.743. The SMILES string of the molecule is C1=CC2c3cc(C4C=Cc5c(c6ccccc6n5-c5ccc(-c6cc(-c7ccccc7)nc(-c7ccccc7)n6)c6ccccc56)C4)ccc3N(c3ccccc3)C2C=C1. The van der Waals surface area contributed by atoms with E-state index in [1.165, 1.54) is 50.0 Å². The van der Waals surface area contributed by atoms with Crippen molar-refractivity contribution in [2.45, 2.75) is 24.3 Å². The zero-order valence-electron chi connectivity index (χ0n) is 32.9. The molecular weight excluding hydrogens is 729 g/mol. The van der Waals surface area contributed by atoms with Crippen molar-refractivity contribution in [3.8, 4) is 39.6 Å². The first-order chi connectivity index (χ1) is 29.8. The normalized spacial score (nSPS) is 17.5. The number of hydrogen-bond donors (Lipinski definition) is 0. The van der Waals surface area contributed by atoms with E-state index in [9.17, 15) is 0 Å². The minimum atomic E-state index is 0.267. The lowest BCUT2D eigenvalue weighted by atomic mass is 9.84. The summed E-state index contributed by atoms with van der Waals surface area (Å²) in [6.45, 7) is 0. The number of nitrogens with zero attached hydrogens (tertiary/aromatic N) is 4. The number of para-hydroxylation sites is 2. The molecule has 12 rings (SSSR count). The van der Waals surface area contributed by atoms with Gasteiger partial charge in [0.2, 0.25) is 0 Å². The van der Waals surface area contributed by atoms with Gasteiger partial charge in [0.05, 0.1) is 28.6 Å². The van der Waals surface area contributed by atoms with Gasteiger partial charge in [-0.15, -0.1) is 0 Å². The third-order valence-corrected chi connectivity index (χ3v) is 12.7. The highest BCUT2D eigenvalue weighted by Gasteiger charge is 2.38. The first-order valence-electron chi connectivity index (χ1n) is 20.9. The Kier molecular flexibility index (Phi) is 8.09. The third kappa shape index (κ3) is 5.60. The molecule has 0 radical (unpaired) electrons. The molecule has 0 fully saturated rings. The van der Waals surface area contributed by atoms with E-state index < -0.39 is 0 Å². The first kappa shape index (κ1) is 34.5. The summed E-state index contributed by atoms with van der Waals surface area (Å²) in [7, 11) is 0. The van der Waals surface area contributed by atoms with Gasteiger partial charge >= 0.3 is 0 Å². The predicted molar refractivity (Wildman–Crippen MR) is 248 cm³/mol. The van der Waals surface area contributed by atoms with Gasteiger partial charge in [-0.3, -0.25) is 0 Å². The Labute approximate surface area is 349 Å². The molecule has 3 atom stereocenters. The van der Waals surface area contributed by atoms with E-state index in [0.717, 1.165) is 45.6 Å². The Morgan fingerprint density at radius 3 is 2.00 bits per heavy atom. The van der Waals surface area contributed by atoms with Gasteiger partial charge < -0.3 is 9.47 Å². The van der Waals surface area contributed by atoms with Gasteiger partial charge in [0.25, 0.3) is 0 Å². The zero-order valence-corrected chi connectivity index (χ0v) is 32.9. The number of rotatable bonds is 6. The van der Waals surface area contributed by atoms with Crippen LogP contribution in [0.2, 0.25) is 0 Å². The molecule has 4 heteroatoms. The molecule has 0 spiro atoms. The molecule has 0 saturated heterocycles. The lowest BCUT2D eigenvalue weighted by Crippen LogP contribution is -2.28. The van der Waals surface area contributed by atoms with Crippen molar-refractivity contribution in [1.29, 1.82) is 0 Å². The van der Waals surface area contributed by atoms with E-state index in [0.29, 0.717) is 11.7 Å². The van der Waals surface area contributed by atoms with Crippen LogP contribution in [-0.2, 0) is 6.42 Å². The molecule has 0 saturated carbocycles. The molecule has 9 aromatic rings. The minimum absolute atomic E-state index is 0.267. The highest BCUT2D eigenvalue weighted by Crippen LogP contribution is 2.49. The predicted octanol–water partition coefficient (Wildman–Crippen LogP) is 13.7. The van der Waals surface area contributed by atoms with Gasteiger partial charge in [-0.25, -0.2) is 9.97 Å². The molecule has 2 aliphatic carbocycles. The van der Waals surface area contributed by atoms with Gasteiger partial charge in [-0.1, -0.05) is 170 Å². The van der Waals surface area contributed by atoms with Gasteiger partial charge in [-0.2, -0.15) is 0 Å². The number of allylic oxidation sites excluding steroid dienone is 3. The van der Waals surface area contributed by atoms with Crippen LogP contribution in [0, 0.1) is 0 Å². The van der Waals surface area contributed by atoms with Crippen LogP contribution in [0.3, 0.4) is 0 Å². The second-order valence-electron chi connectivity index (χ2n) is 16.1. The molecule has 0 amide bonds. The first-order valence-corrected chi connectivity index (χ1v) is 20.9. The van der Waals surface area contributed by atoms with Crippen molar-refractivity contribution in [1.82, 2.24) is 14.5 Å². The summed E-state index contributed by atoms with van der Waals surface area (Å²) in [5, 5.41) is 3.65. The second-order valence-corrected chi connectivity index (χ2v) is 16.1. The Hall–Kier alpha value is -7.56. The maximum Gasteiger partial charge on any atom is 0.160 e. The van der Waals surface area contributed by atoms with Crippen molar-refractivity contribution >= 4 is 39.1 Å². The summed E-state index contributed by atoms with van der Waals surface area (Å²) in [6.07, 6.45) is 14.9. The average Bonchev–Trinajstić information content (AvgIpc) is 3.84. The van der Waals surface area contributed by atoms with Crippen LogP contribution < -0.4 is 4.90 Å². The summed E-state index contributed by atoms with van der Waals surface area (Å²) < 4.78 is 2.48. The molecule has 3 heterocycles. The summed E-state index contributed by atoms with van der Waals surface area (Å²) >= 11 is 0. The molecule has 3 aliphatic rings. The summed E-state index contributed by atoms with van der Waals surface area (Å²) in [6, 6.07) is 63.4. The van der Waals surface area contributed by atoms with Crippen LogP contribution in [0.5, 0.6) is 0 Å². The van der Waals surface area contributed by atoms with E-state index >= 15 is 0 Å². The van der Waals surface area contributed by atoms with E-state index in [-0.39, 0.29) is 12.0 Å². The molecular formula is C56H40N4. The summed E-state index contributed by atoms with van der Waals surface area (Å²) in [4.78, 5) is 12.8. The topological polar surface area (TPSA) is 34.0 Å². The maximum absolute atomic E-state index is 5.22. The molecule has 284 valence electrons. The number of anilines is 2. The average molecular weight is 769 g/mol. The molecule has 3 unspecified atom stereocenters. The van der Waals surface area contributed by atoms with Crippen molar-refractivity contribution in [3.63, 3.8) is 0 Å². The van der Waals surface area contributed by atoms with Gasteiger partial charge in [0.1, 0.15) is 0 Å². The zero-order chi connectivity index (χ0) is 39.6. The fraction of sp³-hybridized carbons (Fsp3) is 0.0714. The Bertz CT molecular complexity index is 3140. The van der Waals surface area contributed by atoms with Gasteiger partial charge in [0.15, 0.2) is 5.82 Å². The highest BCUT2D eigenvalue weighted by molar-refractivity contribution is 6.03. The molecule has 0 bridgehead atoms. The van der Waals surface area contributed by atoms with Gasteiger partial charge in [0, 0.05) is 56.4 Å². The van der Waals surface area contributed by atoms with Crippen LogP contribution in [0.1, 0.15) is 34.2 Å². The smallest absolute Gasteiger partial charge is 0.160 e. The number of benzene rings is 7.